The molecule has 0 saturated carbocycles. The molecule has 0 heterocycles. The molecule has 0 bridgehead atoms. The van der Waals surface area contributed by atoms with Gasteiger partial charge in [-0.15, -0.1) is 0 Å². The van der Waals surface area contributed by atoms with Crippen molar-refractivity contribution >= 4 is 6.21 Å². The van der Waals surface area contributed by atoms with Crippen LogP contribution in [-0.2, 0) is 4.74 Å². The molecular formula is C7H16N2O. The number of rotatable bonds is 5. The molecule has 0 aromatic rings. The summed E-state index contributed by atoms with van der Waals surface area (Å²) in [6.07, 6.45) is 2.79. The van der Waals surface area contributed by atoms with Crippen molar-refractivity contribution in [2.75, 3.05) is 6.61 Å². The first kappa shape index (κ1) is 9.43. The molecule has 0 fully saturated rings. The maximum absolute atomic E-state index is 5.16. The summed E-state index contributed by atoms with van der Waals surface area (Å²) in [7, 11) is 0. The first-order chi connectivity index (χ1) is 4.81. The average Bonchev–Trinajstić information content (AvgIpc) is 1.89. The Morgan fingerprint density at radius 2 is 2.30 bits per heavy atom. The molecule has 1 atom stereocenters. The summed E-state index contributed by atoms with van der Waals surface area (Å²) < 4.78 is 5.16. The van der Waals surface area contributed by atoms with E-state index in [2.05, 4.69) is 10.5 Å². The van der Waals surface area contributed by atoms with E-state index in [1.54, 1.807) is 0 Å². The van der Waals surface area contributed by atoms with Crippen LogP contribution < -0.4 is 5.43 Å². The normalized spacial score (nSPS) is 13.9. The number of nitrogens with one attached hydrogen (secondary N) is 1. The van der Waals surface area contributed by atoms with Crippen LogP contribution in [0.15, 0.2) is 5.10 Å². The van der Waals surface area contributed by atoms with Crippen molar-refractivity contribution in [3.63, 3.8) is 0 Å². The molecule has 3 nitrogen and oxygen atoms in total. The Morgan fingerprint density at radius 3 is 2.80 bits per heavy atom. The maximum Gasteiger partial charge on any atom is 0.140 e. The third-order valence-electron chi connectivity index (χ3n) is 0.947. The van der Waals surface area contributed by atoms with Gasteiger partial charge in [0, 0.05) is 12.8 Å². The average molecular weight is 144 g/mol. The Hall–Kier alpha value is -0.570. The lowest BCUT2D eigenvalue weighted by Gasteiger charge is -2.09. The van der Waals surface area contributed by atoms with E-state index in [0.717, 1.165) is 13.0 Å². The zero-order valence-corrected chi connectivity index (χ0v) is 6.92. The highest BCUT2D eigenvalue weighted by atomic mass is 16.5. The zero-order chi connectivity index (χ0) is 7.82. The molecule has 1 unspecified atom stereocenters. The number of ether oxygens (including phenoxy) is 1. The standard InChI is InChI=1S/C7H16N2O/c1-4-6-8-9-7(3)10-5-2/h6-7,9H,4-5H2,1-3H3/b8-6-. The number of hydrogen-bond acceptors (Lipinski definition) is 3. The summed E-state index contributed by atoms with van der Waals surface area (Å²) in [5.41, 5.74) is 2.83. The predicted molar refractivity (Wildman–Crippen MR) is 43.0 cm³/mol. The molecule has 0 spiro atoms. The van der Waals surface area contributed by atoms with Crippen LogP contribution in [0.5, 0.6) is 0 Å². The van der Waals surface area contributed by atoms with Crippen LogP contribution in [0.2, 0.25) is 0 Å². The SMILES string of the molecule is CC/C=N\NC(C)OCC. The Bertz CT molecular complexity index is 93.6. The molecule has 0 saturated heterocycles. The van der Waals surface area contributed by atoms with Crippen molar-refractivity contribution in [3.05, 3.63) is 0 Å². The zero-order valence-electron chi connectivity index (χ0n) is 6.92. The van der Waals surface area contributed by atoms with E-state index in [4.69, 9.17) is 4.74 Å². The maximum atomic E-state index is 5.16. The molecule has 0 aromatic heterocycles. The minimum Gasteiger partial charge on any atom is -0.358 e. The van der Waals surface area contributed by atoms with Crippen molar-refractivity contribution in [2.24, 2.45) is 5.10 Å². The van der Waals surface area contributed by atoms with Crippen molar-refractivity contribution in [1.29, 1.82) is 0 Å². The Kier molecular flexibility index (Phi) is 6.18. The molecule has 0 aromatic carbocycles. The summed E-state index contributed by atoms with van der Waals surface area (Å²) in [6.45, 7) is 6.64. The van der Waals surface area contributed by atoms with Crippen LogP contribution >= 0.6 is 0 Å². The molecule has 10 heavy (non-hydrogen) atoms. The van der Waals surface area contributed by atoms with Crippen LogP contribution in [0, 0.1) is 0 Å². The quantitative estimate of drug-likeness (QED) is 0.359. The molecule has 60 valence electrons. The highest BCUT2D eigenvalue weighted by Gasteiger charge is 1.93. The van der Waals surface area contributed by atoms with Gasteiger partial charge in [-0.1, -0.05) is 6.92 Å². The van der Waals surface area contributed by atoms with Gasteiger partial charge in [-0.2, -0.15) is 5.10 Å². The van der Waals surface area contributed by atoms with Gasteiger partial charge in [-0.05, 0) is 20.3 Å². The fourth-order valence-corrected chi connectivity index (χ4v) is 0.536. The molecule has 0 aliphatic heterocycles. The number of hydrogen-bond donors (Lipinski definition) is 1. The monoisotopic (exact) mass is 144 g/mol. The molecule has 0 amide bonds. The highest BCUT2D eigenvalue weighted by molar-refractivity contribution is 5.55. The van der Waals surface area contributed by atoms with Gasteiger partial charge in [-0.3, -0.25) is 5.43 Å². The topological polar surface area (TPSA) is 33.6 Å². The van der Waals surface area contributed by atoms with Gasteiger partial charge in [0.05, 0.1) is 0 Å². The van der Waals surface area contributed by atoms with E-state index in [1.165, 1.54) is 0 Å². The summed E-state index contributed by atoms with van der Waals surface area (Å²) in [6, 6.07) is 0. The second-order valence-electron chi connectivity index (χ2n) is 1.95. The van der Waals surface area contributed by atoms with Gasteiger partial charge in [0.1, 0.15) is 6.23 Å². The third kappa shape index (κ3) is 5.56. The van der Waals surface area contributed by atoms with E-state index in [1.807, 2.05) is 27.0 Å². The molecular weight excluding hydrogens is 128 g/mol. The fraction of sp³-hybridized carbons (Fsp3) is 0.857. The van der Waals surface area contributed by atoms with Crippen molar-refractivity contribution in [1.82, 2.24) is 5.43 Å². The van der Waals surface area contributed by atoms with Crippen LogP contribution in [0.25, 0.3) is 0 Å². The van der Waals surface area contributed by atoms with E-state index in [0.29, 0.717) is 0 Å². The first-order valence-electron chi connectivity index (χ1n) is 3.69. The Balaban J connectivity index is 3.20. The Morgan fingerprint density at radius 1 is 1.60 bits per heavy atom. The molecule has 0 rings (SSSR count). The first-order valence-corrected chi connectivity index (χ1v) is 3.69. The third-order valence-corrected chi connectivity index (χ3v) is 0.947. The van der Waals surface area contributed by atoms with Gasteiger partial charge in [0.2, 0.25) is 0 Å². The summed E-state index contributed by atoms with van der Waals surface area (Å²) in [5.74, 6) is 0. The van der Waals surface area contributed by atoms with E-state index in [-0.39, 0.29) is 6.23 Å². The van der Waals surface area contributed by atoms with E-state index >= 15 is 0 Å². The van der Waals surface area contributed by atoms with Crippen molar-refractivity contribution in [3.8, 4) is 0 Å². The van der Waals surface area contributed by atoms with Gasteiger partial charge >= 0.3 is 0 Å². The lowest BCUT2D eigenvalue weighted by molar-refractivity contribution is 0.0529. The van der Waals surface area contributed by atoms with Gasteiger partial charge in [0.25, 0.3) is 0 Å². The molecule has 0 aliphatic carbocycles. The van der Waals surface area contributed by atoms with E-state index < -0.39 is 0 Å². The summed E-state index contributed by atoms with van der Waals surface area (Å²) >= 11 is 0. The van der Waals surface area contributed by atoms with Crippen LogP contribution in [0.3, 0.4) is 0 Å². The number of nitrogens with zero attached hydrogens (tertiary/aromatic N) is 1. The van der Waals surface area contributed by atoms with Crippen LogP contribution in [-0.4, -0.2) is 19.0 Å². The molecule has 0 radical (unpaired) electrons. The largest absolute Gasteiger partial charge is 0.358 e. The molecule has 0 aliphatic rings. The van der Waals surface area contributed by atoms with Gasteiger partial charge < -0.3 is 4.74 Å². The smallest absolute Gasteiger partial charge is 0.140 e. The van der Waals surface area contributed by atoms with Crippen LogP contribution in [0.4, 0.5) is 0 Å². The van der Waals surface area contributed by atoms with E-state index in [9.17, 15) is 0 Å². The highest BCUT2D eigenvalue weighted by Crippen LogP contribution is 1.83. The van der Waals surface area contributed by atoms with Gasteiger partial charge in [-0.25, -0.2) is 0 Å². The van der Waals surface area contributed by atoms with Gasteiger partial charge in [0.15, 0.2) is 0 Å². The fourth-order valence-electron chi connectivity index (χ4n) is 0.536. The van der Waals surface area contributed by atoms with Crippen LogP contribution in [0.1, 0.15) is 27.2 Å². The second-order valence-corrected chi connectivity index (χ2v) is 1.95. The minimum atomic E-state index is 0.0211. The number of hydrazone groups is 1. The molecule has 3 heteroatoms. The second kappa shape index (κ2) is 6.55. The molecule has 1 N–H and O–H groups in total. The minimum absolute atomic E-state index is 0.0211. The lowest BCUT2D eigenvalue weighted by atomic mass is 10.5. The summed E-state index contributed by atoms with van der Waals surface area (Å²) in [5, 5.41) is 3.91. The van der Waals surface area contributed by atoms with Crippen molar-refractivity contribution in [2.45, 2.75) is 33.4 Å². The Labute approximate surface area is 62.5 Å². The lowest BCUT2D eigenvalue weighted by Crippen LogP contribution is -2.23. The predicted octanol–water partition coefficient (Wildman–Crippen LogP) is 1.35. The summed E-state index contributed by atoms with van der Waals surface area (Å²) in [4.78, 5) is 0. The van der Waals surface area contributed by atoms with Crippen molar-refractivity contribution < 1.29 is 4.74 Å².